The number of hydrogen-bond acceptors (Lipinski definition) is 3. The predicted molar refractivity (Wildman–Crippen MR) is 34.2 cm³/mol. The summed E-state index contributed by atoms with van der Waals surface area (Å²) >= 11 is 0. The fourth-order valence-electron chi connectivity index (χ4n) is 1.06. The van der Waals surface area contributed by atoms with E-state index in [9.17, 15) is 4.79 Å². The van der Waals surface area contributed by atoms with Gasteiger partial charge in [0.25, 0.3) is 5.91 Å². The second kappa shape index (κ2) is 2.27. The van der Waals surface area contributed by atoms with Gasteiger partial charge in [-0.3, -0.25) is 10.2 Å². The van der Waals surface area contributed by atoms with Crippen molar-refractivity contribution in [1.29, 1.82) is 5.26 Å². The molecule has 1 aliphatic carbocycles. The van der Waals surface area contributed by atoms with Crippen molar-refractivity contribution < 1.29 is 4.79 Å². The molecule has 0 heterocycles. The van der Waals surface area contributed by atoms with Crippen LogP contribution in [0.25, 0.3) is 0 Å². The summed E-state index contributed by atoms with van der Waals surface area (Å²) in [7, 11) is 0. The third-order valence-corrected chi connectivity index (χ3v) is 1.99. The van der Waals surface area contributed by atoms with Gasteiger partial charge in [-0.25, -0.2) is 5.84 Å². The smallest absolute Gasteiger partial charge is 0.254 e. The Hall–Kier alpha value is -1.08. The molecule has 0 aromatic carbocycles. The highest BCUT2D eigenvalue weighted by Gasteiger charge is 2.44. The first-order valence-electron chi connectivity index (χ1n) is 3.17. The fraction of sp³-hybridized carbons (Fsp3) is 0.667. The number of carbonyl (C=O) groups is 1. The Labute approximate surface area is 59.0 Å². The summed E-state index contributed by atoms with van der Waals surface area (Å²) in [4.78, 5) is 10.9. The van der Waals surface area contributed by atoms with Crippen LogP contribution in [0.3, 0.4) is 0 Å². The molecule has 0 aromatic heterocycles. The average Bonchev–Trinajstić information content (AvgIpc) is 1.86. The molecule has 0 unspecified atom stereocenters. The van der Waals surface area contributed by atoms with Crippen LogP contribution >= 0.6 is 0 Å². The highest BCUT2D eigenvalue weighted by molar-refractivity contribution is 5.85. The van der Waals surface area contributed by atoms with Crippen molar-refractivity contribution >= 4 is 5.91 Å². The van der Waals surface area contributed by atoms with Crippen LogP contribution in [0.2, 0.25) is 0 Å². The molecule has 1 amide bonds. The zero-order chi connectivity index (χ0) is 7.61. The minimum absolute atomic E-state index is 0.346. The molecule has 4 heteroatoms. The van der Waals surface area contributed by atoms with Gasteiger partial charge >= 0.3 is 0 Å². The molecule has 54 valence electrons. The van der Waals surface area contributed by atoms with E-state index in [1.165, 1.54) is 0 Å². The Kier molecular flexibility index (Phi) is 1.60. The van der Waals surface area contributed by atoms with E-state index in [0.717, 1.165) is 6.42 Å². The maximum atomic E-state index is 10.9. The summed E-state index contributed by atoms with van der Waals surface area (Å²) in [5, 5.41) is 8.57. The van der Waals surface area contributed by atoms with Crippen molar-refractivity contribution in [3.05, 3.63) is 0 Å². The molecule has 1 rings (SSSR count). The minimum atomic E-state index is -0.797. The molecule has 0 bridgehead atoms. The first-order valence-corrected chi connectivity index (χ1v) is 3.17. The van der Waals surface area contributed by atoms with E-state index >= 15 is 0 Å². The lowest BCUT2D eigenvalue weighted by atomic mass is 9.69. The Morgan fingerprint density at radius 3 is 2.40 bits per heavy atom. The Morgan fingerprint density at radius 1 is 1.70 bits per heavy atom. The molecule has 0 atom stereocenters. The third-order valence-electron chi connectivity index (χ3n) is 1.99. The van der Waals surface area contributed by atoms with Crippen molar-refractivity contribution in [3.8, 4) is 6.07 Å². The van der Waals surface area contributed by atoms with Crippen LogP contribution in [0.15, 0.2) is 0 Å². The number of nitrogens with two attached hydrogens (primary N) is 1. The van der Waals surface area contributed by atoms with Gasteiger partial charge in [0.1, 0.15) is 5.41 Å². The summed E-state index contributed by atoms with van der Waals surface area (Å²) in [6.07, 6.45) is 2.24. The number of hydrazine groups is 1. The maximum absolute atomic E-state index is 10.9. The average molecular weight is 139 g/mol. The van der Waals surface area contributed by atoms with Gasteiger partial charge in [-0.1, -0.05) is 0 Å². The third kappa shape index (κ3) is 0.755. The zero-order valence-corrected chi connectivity index (χ0v) is 5.55. The van der Waals surface area contributed by atoms with E-state index in [4.69, 9.17) is 11.1 Å². The van der Waals surface area contributed by atoms with Gasteiger partial charge in [0.05, 0.1) is 6.07 Å². The molecule has 0 saturated heterocycles. The van der Waals surface area contributed by atoms with Crippen molar-refractivity contribution in [2.24, 2.45) is 11.3 Å². The van der Waals surface area contributed by atoms with Crippen LogP contribution in [-0.4, -0.2) is 5.91 Å². The molecule has 1 aliphatic rings. The number of nitrogens with one attached hydrogen (secondary N) is 1. The molecule has 1 fully saturated rings. The number of amides is 1. The maximum Gasteiger partial charge on any atom is 0.254 e. The Morgan fingerprint density at radius 2 is 2.30 bits per heavy atom. The van der Waals surface area contributed by atoms with Gasteiger partial charge in [-0.15, -0.1) is 0 Å². The van der Waals surface area contributed by atoms with Crippen LogP contribution in [0, 0.1) is 16.7 Å². The molecule has 10 heavy (non-hydrogen) atoms. The van der Waals surface area contributed by atoms with Crippen molar-refractivity contribution in [2.45, 2.75) is 19.3 Å². The van der Waals surface area contributed by atoms with Crippen molar-refractivity contribution in [1.82, 2.24) is 5.43 Å². The van der Waals surface area contributed by atoms with Crippen LogP contribution in [0.4, 0.5) is 0 Å². The topological polar surface area (TPSA) is 78.9 Å². The van der Waals surface area contributed by atoms with E-state index in [1.54, 1.807) is 0 Å². The largest absolute Gasteiger partial charge is 0.293 e. The lowest BCUT2D eigenvalue weighted by Crippen LogP contribution is -2.47. The second-order valence-electron chi connectivity index (χ2n) is 2.52. The molecule has 0 aliphatic heterocycles. The number of rotatable bonds is 1. The fourth-order valence-corrected chi connectivity index (χ4v) is 1.06. The highest BCUT2D eigenvalue weighted by atomic mass is 16.2. The van der Waals surface area contributed by atoms with Crippen LogP contribution in [0.1, 0.15) is 19.3 Å². The molecule has 0 aromatic rings. The number of nitrogens with zero attached hydrogens (tertiary/aromatic N) is 1. The molecule has 3 N–H and O–H groups in total. The normalized spacial score (nSPS) is 20.4. The highest BCUT2D eigenvalue weighted by Crippen LogP contribution is 2.39. The monoisotopic (exact) mass is 139 g/mol. The lowest BCUT2D eigenvalue weighted by Gasteiger charge is -2.32. The van der Waals surface area contributed by atoms with Gasteiger partial charge < -0.3 is 0 Å². The Bertz CT molecular complexity index is 190. The molecule has 4 nitrogen and oxygen atoms in total. The first-order chi connectivity index (χ1) is 4.75. The molecular formula is C6H9N3O. The predicted octanol–water partition coefficient (Wildman–Crippen LogP) is -0.330. The van der Waals surface area contributed by atoms with Gasteiger partial charge in [-0.05, 0) is 19.3 Å². The number of hydrogen-bond donors (Lipinski definition) is 2. The second-order valence-corrected chi connectivity index (χ2v) is 2.52. The standard InChI is InChI=1S/C6H9N3O/c7-4-6(2-1-3-6)5(10)9-8/h1-3,8H2,(H,9,10). The first kappa shape index (κ1) is 7.03. The van der Waals surface area contributed by atoms with Gasteiger partial charge in [0, 0.05) is 0 Å². The van der Waals surface area contributed by atoms with Gasteiger partial charge in [0.2, 0.25) is 0 Å². The van der Waals surface area contributed by atoms with E-state index in [-0.39, 0.29) is 5.91 Å². The van der Waals surface area contributed by atoms with E-state index in [1.807, 2.05) is 11.5 Å². The SMILES string of the molecule is N#CC1(C(=O)NN)CCC1. The Balaban J connectivity index is 2.67. The van der Waals surface area contributed by atoms with E-state index < -0.39 is 5.41 Å². The lowest BCUT2D eigenvalue weighted by molar-refractivity contribution is -0.131. The zero-order valence-electron chi connectivity index (χ0n) is 5.55. The van der Waals surface area contributed by atoms with Crippen LogP contribution < -0.4 is 11.3 Å². The van der Waals surface area contributed by atoms with Gasteiger partial charge in [0.15, 0.2) is 0 Å². The number of carbonyl (C=O) groups excluding carboxylic acids is 1. The van der Waals surface area contributed by atoms with Crippen LogP contribution in [-0.2, 0) is 4.79 Å². The van der Waals surface area contributed by atoms with Crippen LogP contribution in [0.5, 0.6) is 0 Å². The minimum Gasteiger partial charge on any atom is -0.293 e. The van der Waals surface area contributed by atoms with E-state index in [2.05, 4.69) is 0 Å². The molecular weight excluding hydrogens is 130 g/mol. The quantitative estimate of drug-likeness (QED) is 0.296. The summed E-state index contributed by atoms with van der Waals surface area (Å²) in [5.41, 5.74) is 1.20. The van der Waals surface area contributed by atoms with Gasteiger partial charge in [-0.2, -0.15) is 5.26 Å². The van der Waals surface area contributed by atoms with E-state index in [0.29, 0.717) is 12.8 Å². The summed E-state index contributed by atoms with van der Waals surface area (Å²) in [6, 6.07) is 1.97. The van der Waals surface area contributed by atoms with Crippen molar-refractivity contribution in [2.75, 3.05) is 0 Å². The number of nitriles is 1. The molecule has 1 saturated carbocycles. The van der Waals surface area contributed by atoms with Crippen molar-refractivity contribution in [3.63, 3.8) is 0 Å². The molecule has 0 spiro atoms. The summed E-state index contributed by atoms with van der Waals surface area (Å²) in [6.45, 7) is 0. The summed E-state index contributed by atoms with van der Waals surface area (Å²) in [5.74, 6) is 4.55. The molecule has 0 radical (unpaired) electrons. The summed E-state index contributed by atoms with van der Waals surface area (Å²) < 4.78 is 0.